The van der Waals surface area contributed by atoms with Crippen LogP contribution in [0.3, 0.4) is 0 Å². The van der Waals surface area contributed by atoms with Gasteiger partial charge < -0.3 is 4.90 Å². The number of fused-ring (bicyclic) bond motifs is 1. The monoisotopic (exact) mass is 446 g/mol. The lowest BCUT2D eigenvalue weighted by Gasteiger charge is -2.30. The summed E-state index contributed by atoms with van der Waals surface area (Å²) in [4.78, 5) is 29.6. The molecule has 27 heavy (non-hydrogen) atoms. The van der Waals surface area contributed by atoms with Gasteiger partial charge in [0.2, 0.25) is 0 Å². The van der Waals surface area contributed by atoms with E-state index in [1.807, 2.05) is 50.2 Å². The molecule has 0 N–H and O–H groups in total. The summed E-state index contributed by atoms with van der Waals surface area (Å²) in [6.07, 6.45) is 1.56. The summed E-state index contributed by atoms with van der Waals surface area (Å²) < 4.78 is 0.993. The zero-order valence-electron chi connectivity index (χ0n) is 15.2. The molecular formula is C21H20BrClN2O2. The zero-order chi connectivity index (χ0) is 19.3. The van der Waals surface area contributed by atoms with Gasteiger partial charge in [0.05, 0.1) is 5.69 Å². The zero-order valence-corrected chi connectivity index (χ0v) is 17.5. The van der Waals surface area contributed by atoms with Gasteiger partial charge in [-0.3, -0.25) is 4.79 Å². The number of halogens is 2. The molecule has 0 aliphatic carbocycles. The van der Waals surface area contributed by atoms with Crippen LogP contribution in [-0.4, -0.2) is 28.9 Å². The first-order chi connectivity index (χ1) is 12.9. The maximum Gasteiger partial charge on any atom is 0.332 e. The number of nitrogens with zero attached hydrogens (tertiary/aromatic N) is 2. The molecule has 2 aliphatic heterocycles. The van der Waals surface area contributed by atoms with Crippen LogP contribution in [0.15, 0.2) is 46.9 Å². The number of aryl methyl sites for hydroxylation is 1. The van der Waals surface area contributed by atoms with Crippen LogP contribution < -0.4 is 4.90 Å². The number of carbonyl (C=O) groups is 2. The highest BCUT2D eigenvalue weighted by Crippen LogP contribution is 2.48. The summed E-state index contributed by atoms with van der Waals surface area (Å²) in [6, 6.07) is 13.2. The van der Waals surface area contributed by atoms with E-state index in [2.05, 4.69) is 15.9 Å². The molecular weight excluding hydrogens is 428 g/mol. The number of carbonyl (C=O) groups excluding carboxylic acids is 2. The maximum absolute atomic E-state index is 13.5. The predicted octanol–water partition coefficient (Wildman–Crippen LogP) is 5.38. The topological polar surface area (TPSA) is 40.6 Å². The Bertz CT molecular complexity index is 930. The molecule has 0 saturated carbocycles. The fourth-order valence-electron chi connectivity index (χ4n) is 4.33. The summed E-state index contributed by atoms with van der Waals surface area (Å²) in [7, 11) is 0. The molecule has 1 unspecified atom stereocenters. The molecule has 2 atom stereocenters. The smallest absolute Gasteiger partial charge is 0.309 e. The minimum absolute atomic E-state index is 0.0307. The molecule has 4 rings (SSSR count). The van der Waals surface area contributed by atoms with Crippen LogP contribution in [0.2, 0.25) is 5.02 Å². The first kappa shape index (κ1) is 18.5. The van der Waals surface area contributed by atoms with Crippen molar-refractivity contribution in [1.82, 2.24) is 4.90 Å². The van der Waals surface area contributed by atoms with Crippen LogP contribution in [0.1, 0.15) is 37.3 Å². The maximum atomic E-state index is 13.5. The summed E-state index contributed by atoms with van der Waals surface area (Å²) in [5.74, 6) is -0.209. The van der Waals surface area contributed by atoms with Crippen LogP contribution >= 0.6 is 27.5 Å². The number of amides is 3. The Labute approximate surface area is 172 Å². The Morgan fingerprint density at radius 3 is 2.56 bits per heavy atom. The number of rotatable bonds is 3. The molecule has 6 heteroatoms. The second kappa shape index (κ2) is 6.64. The second-order valence-electron chi connectivity index (χ2n) is 7.29. The van der Waals surface area contributed by atoms with Crippen LogP contribution in [-0.2, 0) is 11.2 Å². The Hall–Kier alpha value is -1.85. The minimum Gasteiger partial charge on any atom is -0.309 e. The van der Waals surface area contributed by atoms with Gasteiger partial charge in [0.1, 0.15) is 5.54 Å². The average molecular weight is 448 g/mol. The third-order valence-corrected chi connectivity index (χ3v) is 6.57. The van der Waals surface area contributed by atoms with Crippen molar-refractivity contribution >= 4 is 45.2 Å². The molecule has 140 valence electrons. The Morgan fingerprint density at radius 1 is 1.19 bits per heavy atom. The first-order valence-electron chi connectivity index (χ1n) is 9.07. The number of anilines is 1. The Balaban J connectivity index is 1.76. The predicted molar refractivity (Wildman–Crippen MR) is 110 cm³/mol. The summed E-state index contributed by atoms with van der Waals surface area (Å²) in [5.41, 5.74) is 1.76. The van der Waals surface area contributed by atoms with Crippen LogP contribution in [0.5, 0.6) is 0 Å². The molecule has 0 radical (unpaired) electrons. The SMILES string of the molecule is CCc1cc(Cl)cc(N2C(=O)N3CCC(c4ccc(Br)cc4)[C@]3(C)C2=O)c1. The van der Waals surface area contributed by atoms with Crippen molar-refractivity contribution in [2.45, 2.75) is 38.1 Å². The molecule has 2 aromatic carbocycles. The number of urea groups is 1. The fraction of sp³-hybridized carbons (Fsp3) is 0.333. The van der Waals surface area contributed by atoms with Crippen molar-refractivity contribution in [3.05, 3.63) is 63.1 Å². The van der Waals surface area contributed by atoms with Crippen molar-refractivity contribution in [2.75, 3.05) is 11.4 Å². The van der Waals surface area contributed by atoms with Gasteiger partial charge in [0.25, 0.3) is 5.91 Å². The van der Waals surface area contributed by atoms with Gasteiger partial charge in [-0.05, 0) is 61.2 Å². The lowest BCUT2D eigenvalue weighted by molar-refractivity contribution is -0.123. The van der Waals surface area contributed by atoms with Gasteiger partial charge in [-0.2, -0.15) is 0 Å². The number of benzene rings is 2. The van der Waals surface area contributed by atoms with Gasteiger partial charge in [0.15, 0.2) is 0 Å². The number of hydrogen-bond donors (Lipinski definition) is 0. The molecule has 0 bridgehead atoms. The average Bonchev–Trinajstić information content (AvgIpc) is 3.08. The van der Waals surface area contributed by atoms with E-state index in [0.29, 0.717) is 17.3 Å². The van der Waals surface area contributed by atoms with E-state index in [1.54, 1.807) is 11.0 Å². The highest BCUT2D eigenvalue weighted by atomic mass is 79.9. The summed E-state index contributed by atoms with van der Waals surface area (Å²) >= 11 is 9.68. The first-order valence-corrected chi connectivity index (χ1v) is 10.2. The molecule has 0 aromatic heterocycles. The van der Waals surface area contributed by atoms with Crippen LogP contribution in [0.25, 0.3) is 0 Å². The van der Waals surface area contributed by atoms with Crippen molar-refractivity contribution in [2.24, 2.45) is 0 Å². The van der Waals surface area contributed by atoms with Gasteiger partial charge >= 0.3 is 6.03 Å². The van der Waals surface area contributed by atoms with E-state index in [0.717, 1.165) is 28.4 Å². The highest BCUT2D eigenvalue weighted by molar-refractivity contribution is 9.10. The molecule has 4 nitrogen and oxygen atoms in total. The summed E-state index contributed by atoms with van der Waals surface area (Å²) in [5, 5.41) is 0.534. The number of hydrogen-bond acceptors (Lipinski definition) is 2. The minimum atomic E-state index is -0.875. The van der Waals surface area contributed by atoms with Crippen LogP contribution in [0.4, 0.5) is 10.5 Å². The van der Waals surface area contributed by atoms with E-state index >= 15 is 0 Å². The molecule has 2 fully saturated rings. The van der Waals surface area contributed by atoms with Crippen molar-refractivity contribution < 1.29 is 9.59 Å². The third kappa shape index (κ3) is 2.79. The highest BCUT2D eigenvalue weighted by Gasteiger charge is 2.62. The quantitative estimate of drug-likeness (QED) is 0.593. The fourth-order valence-corrected chi connectivity index (χ4v) is 4.85. The lowest BCUT2D eigenvalue weighted by atomic mass is 9.81. The van der Waals surface area contributed by atoms with Crippen molar-refractivity contribution in [1.29, 1.82) is 0 Å². The normalized spacial score (nSPS) is 24.7. The van der Waals surface area contributed by atoms with Crippen molar-refractivity contribution in [3.63, 3.8) is 0 Å². The van der Waals surface area contributed by atoms with Crippen molar-refractivity contribution in [3.8, 4) is 0 Å². The van der Waals surface area contributed by atoms with E-state index < -0.39 is 5.54 Å². The molecule has 2 saturated heterocycles. The number of imide groups is 1. The standard InChI is InChI=1S/C21H20BrClN2O2/c1-3-13-10-16(23)12-17(11-13)25-19(26)21(2)18(8-9-24(21)20(25)27)14-4-6-15(22)7-5-14/h4-7,10-12,18H,3,8-9H2,1-2H3/t18?,21-/m1/s1. The van der Waals surface area contributed by atoms with Gasteiger partial charge in [-0.15, -0.1) is 0 Å². The molecule has 3 amide bonds. The van der Waals surface area contributed by atoms with E-state index in [1.165, 1.54) is 4.90 Å². The van der Waals surface area contributed by atoms with E-state index in [-0.39, 0.29) is 17.9 Å². The third-order valence-electron chi connectivity index (χ3n) is 5.82. The largest absolute Gasteiger partial charge is 0.332 e. The van der Waals surface area contributed by atoms with E-state index in [4.69, 9.17) is 11.6 Å². The van der Waals surface area contributed by atoms with Gasteiger partial charge in [-0.1, -0.05) is 46.6 Å². The molecule has 2 heterocycles. The Morgan fingerprint density at radius 2 is 1.89 bits per heavy atom. The summed E-state index contributed by atoms with van der Waals surface area (Å²) in [6.45, 7) is 4.48. The Kier molecular flexibility index (Phi) is 4.55. The molecule has 0 spiro atoms. The lowest BCUT2D eigenvalue weighted by Crippen LogP contribution is -2.46. The molecule has 2 aromatic rings. The van der Waals surface area contributed by atoms with Gasteiger partial charge in [-0.25, -0.2) is 9.69 Å². The molecule has 2 aliphatic rings. The van der Waals surface area contributed by atoms with Gasteiger partial charge in [0, 0.05) is 22.0 Å². The second-order valence-corrected chi connectivity index (χ2v) is 8.64. The van der Waals surface area contributed by atoms with Crippen LogP contribution in [0, 0.1) is 0 Å². The van der Waals surface area contributed by atoms with E-state index in [9.17, 15) is 9.59 Å².